The Morgan fingerprint density at radius 3 is 2.68 bits per heavy atom. The average molecular weight is 421 g/mol. The van der Waals surface area contributed by atoms with Gasteiger partial charge in [-0.1, -0.05) is 36.8 Å². The molecule has 0 bridgehead atoms. The molecule has 4 rings (SSSR count). The van der Waals surface area contributed by atoms with Crippen LogP contribution in [0.3, 0.4) is 0 Å². The van der Waals surface area contributed by atoms with E-state index in [-0.39, 0.29) is 6.04 Å². The lowest BCUT2D eigenvalue weighted by molar-refractivity contribution is -0.144. The fourth-order valence-electron chi connectivity index (χ4n) is 4.02. The highest BCUT2D eigenvalue weighted by Crippen LogP contribution is 2.23. The number of piperidine rings is 1. The zero-order chi connectivity index (χ0) is 21.6. The maximum absolute atomic E-state index is 11.5. The van der Waals surface area contributed by atoms with Gasteiger partial charge in [0.25, 0.3) is 0 Å². The van der Waals surface area contributed by atoms with Crippen molar-refractivity contribution in [1.29, 1.82) is 0 Å². The summed E-state index contributed by atoms with van der Waals surface area (Å²) in [5.74, 6) is 1.52. The molecule has 0 radical (unpaired) electrons. The van der Waals surface area contributed by atoms with Crippen molar-refractivity contribution in [2.45, 2.75) is 45.2 Å². The number of likely N-dealkylation sites (tertiary alicyclic amines) is 1. The molecule has 1 aliphatic heterocycles. The van der Waals surface area contributed by atoms with Crippen molar-refractivity contribution in [1.82, 2.24) is 9.88 Å². The molecule has 0 saturated carbocycles. The number of benzene rings is 2. The second kappa shape index (κ2) is 9.79. The van der Waals surface area contributed by atoms with E-state index in [0.29, 0.717) is 25.5 Å². The summed E-state index contributed by atoms with van der Waals surface area (Å²) in [5, 5.41) is 9.43. The molecule has 0 unspecified atom stereocenters. The second-order valence-corrected chi connectivity index (χ2v) is 7.95. The van der Waals surface area contributed by atoms with Gasteiger partial charge in [0.1, 0.15) is 17.6 Å². The number of ether oxygens (including phenoxy) is 1. The van der Waals surface area contributed by atoms with Crippen LogP contribution in [0, 0.1) is 6.92 Å². The Balaban J connectivity index is 1.30. The number of aliphatic carboxylic acids is 1. The first kappa shape index (κ1) is 21.1. The monoisotopic (exact) mass is 420 g/mol. The summed E-state index contributed by atoms with van der Waals surface area (Å²) in [6.07, 6.45) is 3.43. The molecular weight excluding hydrogens is 392 g/mol. The standard InChI is InChI=1S/C25H28N2O4/c1-18-22(26-24(31-18)20-7-3-2-4-8-20)14-16-30-21-12-10-19(11-13-21)17-27-15-6-5-9-23(27)25(28)29/h2-4,7-8,10-13,23H,5-6,9,14-17H2,1H3,(H,28,29)/t23-/m1/s1. The molecule has 6 heteroatoms. The van der Waals surface area contributed by atoms with Crippen LogP contribution in [0.2, 0.25) is 0 Å². The van der Waals surface area contributed by atoms with Crippen molar-refractivity contribution in [3.05, 3.63) is 71.6 Å². The van der Waals surface area contributed by atoms with Gasteiger partial charge in [-0.25, -0.2) is 4.98 Å². The van der Waals surface area contributed by atoms with Crippen molar-refractivity contribution >= 4 is 5.97 Å². The van der Waals surface area contributed by atoms with Gasteiger partial charge in [-0.2, -0.15) is 0 Å². The Labute approximate surface area is 182 Å². The van der Waals surface area contributed by atoms with Crippen LogP contribution in [-0.4, -0.2) is 40.2 Å². The van der Waals surface area contributed by atoms with Crippen LogP contribution in [0.1, 0.15) is 36.3 Å². The van der Waals surface area contributed by atoms with Crippen LogP contribution < -0.4 is 4.74 Å². The van der Waals surface area contributed by atoms with Gasteiger partial charge >= 0.3 is 5.97 Å². The molecule has 1 N–H and O–H groups in total. The lowest BCUT2D eigenvalue weighted by Crippen LogP contribution is -2.43. The first-order chi connectivity index (χ1) is 15.1. The van der Waals surface area contributed by atoms with Gasteiger partial charge in [-0.15, -0.1) is 0 Å². The number of carboxylic acids is 1. The number of hydrogen-bond donors (Lipinski definition) is 1. The lowest BCUT2D eigenvalue weighted by Gasteiger charge is -2.32. The molecule has 1 fully saturated rings. The van der Waals surface area contributed by atoms with E-state index in [2.05, 4.69) is 9.88 Å². The first-order valence-electron chi connectivity index (χ1n) is 10.8. The minimum absolute atomic E-state index is 0.379. The molecule has 2 aromatic carbocycles. The van der Waals surface area contributed by atoms with Crippen LogP contribution in [0.5, 0.6) is 5.75 Å². The van der Waals surface area contributed by atoms with Gasteiger partial charge in [0.2, 0.25) is 5.89 Å². The quantitative estimate of drug-likeness (QED) is 0.569. The molecule has 6 nitrogen and oxygen atoms in total. The topological polar surface area (TPSA) is 75.8 Å². The van der Waals surface area contributed by atoms with Crippen molar-refractivity contribution < 1.29 is 19.1 Å². The van der Waals surface area contributed by atoms with Crippen LogP contribution in [0.25, 0.3) is 11.5 Å². The molecule has 0 amide bonds. The Kier molecular flexibility index (Phi) is 6.67. The van der Waals surface area contributed by atoms with Gasteiger partial charge < -0.3 is 14.3 Å². The normalized spacial score (nSPS) is 16.9. The fourth-order valence-corrected chi connectivity index (χ4v) is 4.02. The fraction of sp³-hybridized carbons (Fsp3) is 0.360. The summed E-state index contributed by atoms with van der Waals surface area (Å²) in [6.45, 7) is 3.91. The smallest absolute Gasteiger partial charge is 0.320 e. The summed E-state index contributed by atoms with van der Waals surface area (Å²) in [4.78, 5) is 18.1. The van der Waals surface area contributed by atoms with Crippen molar-refractivity contribution in [3.63, 3.8) is 0 Å². The molecule has 1 atom stereocenters. The summed E-state index contributed by atoms with van der Waals surface area (Å²) in [7, 11) is 0. The average Bonchev–Trinajstić information content (AvgIpc) is 3.16. The van der Waals surface area contributed by atoms with E-state index in [4.69, 9.17) is 9.15 Å². The minimum Gasteiger partial charge on any atom is -0.493 e. The third-order valence-corrected chi connectivity index (χ3v) is 5.73. The van der Waals surface area contributed by atoms with Gasteiger partial charge in [0, 0.05) is 18.5 Å². The van der Waals surface area contributed by atoms with Crippen molar-refractivity contribution in [2.75, 3.05) is 13.2 Å². The maximum Gasteiger partial charge on any atom is 0.320 e. The Morgan fingerprint density at radius 2 is 1.94 bits per heavy atom. The molecule has 0 spiro atoms. The van der Waals surface area contributed by atoms with Gasteiger partial charge in [0.15, 0.2) is 0 Å². The van der Waals surface area contributed by atoms with Crippen LogP contribution in [0.15, 0.2) is 59.0 Å². The number of carboxylic acid groups (broad SMARTS) is 1. The van der Waals surface area contributed by atoms with Crippen molar-refractivity contribution in [3.8, 4) is 17.2 Å². The Morgan fingerprint density at radius 1 is 1.16 bits per heavy atom. The SMILES string of the molecule is Cc1oc(-c2ccccc2)nc1CCOc1ccc(CN2CCCC[C@@H]2C(=O)O)cc1. The molecule has 3 aromatic rings. The predicted octanol–water partition coefficient (Wildman–Crippen LogP) is 4.71. The first-order valence-corrected chi connectivity index (χ1v) is 10.8. The minimum atomic E-state index is -0.724. The van der Waals surface area contributed by atoms with Gasteiger partial charge in [-0.05, 0) is 56.1 Å². The van der Waals surface area contributed by atoms with Crippen LogP contribution in [-0.2, 0) is 17.8 Å². The highest BCUT2D eigenvalue weighted by atomic mass is 16.5. The lowest BCUT2D eigenvalue weighted by atomic mass is 10.0. The molecule has 2 heterocycles. The highest BCUT2D eigenvalue weighted by molar-refractivity contribution is 5.73. The number of oxazole rings is 1. The summed E-state index contributed by atoms with van der Waals surface area (Å²) < 4.78 is 11.7. The summed E-state index contributed by atoms with van der Waals surface area (Å²) in [5.41, 5.74) is 2.97. The Hall–Kier alpha value is -3.12. The Bertz CT molecular complexity index is 998. The summed E-state index contributed by atoms with van der Waals surface area (Å²) in [6, 6.07) is 17.4. The number of hydrogen-bond acceptors (Lipinski definition) is 5. The van der Waals surface area contributed by atoms with E-state index in [1.807, 2.05) is 61.5 Å². The molecule has 1 aromatic heterocycles. The highest BCUT2D eigenvalue weighted by Gasteiger charge is 2.28. The molecular formula is C25H28N2O4. The maximum atomic E-state index is 11.5. The van der Waals surface area contributed by atoms with Crippen LogP contribution in [0.4, 0.5) is 0 Å². The zero-order valence-electron chi connectivity index (χ0n) is 17.8. The third kappa shape index (κ3) is 5.33. The van der Waals surface area contributed by atoms with Crippen LogP contribution >= 0.6 is 0 Å². The molecule has 0 aliphatic carbocycles. The molecule has 1 saturated heterocycles. The number of aryl methyl sites for hydroxylation is 1. The van der Waals surface area contributed by atoms with Gasteiger partial charge in [-0.3, -0.25) is 9.69 Å². The van der Waals surface area contributed by atoms with Crippen molar-refractivity contribution in [2.24, 2.45) is 0 Å². The molecule has 1 aliphatic rings. The van der Waals surface area contributed by atoms with Gasteiger partial charge in [0.05, 0.1) is 12.3 Å². The number of rotatable bonds is 8. The molecule has 31 heavy (non-hydrogen) atoms. The van der Waals surface area contributed by atoms with E-state index in [0.717, 1.165) is 54.1 Å². The van der Waals surface area contributed by atoms with E-state index in [9.17, 15) is 9.90 Å². The predicted molar refractivity (Wildman–Crippen MR) is 118 cm³/mol. The van der Waals surface area contributed by atoms with E-state index in [1.54, 1.807) is 0 Å². The third-order valence-electron chi connectivity index (χ3n) is 5.73. The summed E-state index contributed by atoms with van der Waals surface area (Å²) >= 11 is 0. The molecule has 162 valence electrons. The zero-order valence-corrected chi connectivity index (χ0v) is 17.8. The van der Waals surface area contributed by atoms with E-state index in [1.165, 1.54) is 0 Å². The largest absolute Gasteiger partial charge is 0.493 e. The second-order valence-electron chi connectivity index (χ2n) is 7.95. The van der Waals surface area contributed by atoms with E-state index < -0.39 is 5.97 Å². The number of nitrogens with zero attached hydrogens (tertiary/aromatic N) is 2. The van der Waals surface area contributed by atoms with E-state index >= 15 is 0 Å². The number of aromatic nitrogens is 1. The number of carbonyl (C=O) groups is 1.